The van der Waals surface area contributed by atoms with Crippen LogP contribution in [0, 0.1) is 0 Å². The SMILES string of the molecule is CCOc1ccc(Cc2cc([C@@H]3O[C@@H](OC)[C@@H](O)[C@H](O)[C@H]3O)ccc2Cl)cc1. The van der Waals surface area contributed by atoms with Gasteiger partial charge in [-0.1, -0.05) is 35.9 Å². The number of halogens is 1. The van der Waals surface area contributed by atoms with Crippen molar-refractivity contribution in [3.8, 4) is 5.75 Å². The third-order valence-corrected chi connectivity index (χ3v) is 5.20. The summed E-state index contributed by atoms with van der Waals surface area (Å²) in [6.07, 6.45) is -5.30. The molecule has 2 aromatic rings. The Morgan fingerprint density at radius 3 is 2.36 bits per heavy atom. The number of rotatable bonds is 6. The summed E-state index contributed by atoms with van der Waals surface area (Å²) in [7, 11) is 1.37. The van der Waals surface area contributed by atoms with Crippen LogP contribution in [0.25, 0.3) is 0 Å². The van der Waals surface area contributed by atoms with Gasteiger partial charge < -0.3 is 29.5 Å². The van der Waals surface area contributed by atoms with E-state index < -0.39 is 30.7 Å². The van der Waals surface area contributed by atoms with E-state index in [2.05, 4.69) is 0 Å². The summed E-state index contributed by atoms with van der Waals surface area (Å²) in [6, 6.07) is 13.1. The van der Waals surface area contributed by atoms with Crippen LogP contribution in [0.15, 0.2) is 42.5 Å². The summed E-state index contributed by atoms with van der Waals surface area (Å²) < 4.78 is 16.2. The van der Waals surface area contributed by atoms with E-state index >= 15 is 0 Å². The predicted molar refractivity (Wildman–Crippen MR) is 105 cm³/mol. The third kappa shape index (κ3) is 4.49. The van der Waals surface area contributed by atoms with Gasteiger partial charge in [0.25, 0.3) is 0 Å². The number of aliphatic hydroxyl groups excluding tert-OH is 3. The lowest BCUT2D eigenvalue weighted by molar-refractivity contribution is -0.292. The fourth-order valence-electron chi connectivity index (χ4n) is 3.32. The smallest absolute Gasteiger partial charge is 0.186 e. The molecule has 0 saturated carbocycles. The molecule has 1 aliphatic rings. The summed E-state index contributed by atoms with van der Waals surface area (Å²) in [5.74, 6) is 0.808. The van der Waals surface area contributed by atoms with Gasteiger partial charge in [0, 0.05) is 12.1 Å². The maximum Gasteiger partial charge on any atom is 0.186 e. The highest BCUT2D eigenvalue weighted by molar-refractivity contribution is 6.31. The van der Waals surface area contributed by atoms with E-state index in [1.54, 1.807) is 12.1 Å². The number of ether oxygens (including phenoxy) is 3. The molecular weight excluding hydrogens is 384 g/mol. The van der Waals surface area contributed by atoms with Crippen molar-refractivity contribution in [2.45, 2.75) is 44.1 Å². The molecule has 152 valence electrons. The number of benzene rings is 2. The van der Waals surface area contributed by atoms with Gasteiger partial charge in [0.15, 0.2) is 6.29 Å². The molecule has 3 N–H and O–H groups in total. The molecule has 5 atom stereocenters. The molecule has 0 spiro atoms. The maximum atomic E-state index is 10.4. The average Bonchev–Trinajstić information content (AvgIpc) is 2.70. The molecule has 6 nitrogen and oxygen atoms in total. The summed E-state index contributed by atoms with van der Waals surface area (Å²) in [6.45, 7) is 2.55. The lowest BCUT2D eigenvalue weighted by atomic mass is 9.92. The monoisotopic (exact) mass is 408 g/mol. The highest BCUT2D eigenvalue weighted by Gasteiger charge is 2.44. The van der Waals surface area contributed by atoms with Crippen molar-refractivity contribution in [1.29, 1.82) is 0 Å². The number of aliphatic hydroxyl groups is 3. The van der Waals surface area contributed by atoms with Gasteiger partial charge in [0.05, 0.1) is 6.61 Å². The summed E-state index contributed by atoms with van der Waals surface area (Å²) in [5, 5.41) is 31.0. The van der Waals surface area contributed by atoms with Gasteiger partial charge in [-0.2, -0.15) is 0 Å². The highest BCUT2D eigenvalue weighted by Crippen LogP contribution is 2.34. The van der Waals surface area contributed by atoms with Gasteiger partial charge in [-0.3, -0.25) is 0 Å². The first-order valence-electron chi connectivity index (χ1n) is 9.17. The van der Waals surface area contributed by atoms with E-state index in [9.17, 15) is 15.3 Å². The zero-order valence-corrected chi connectivity index (χ0v) is 16.5. The van der Waals surface area contributed by atoms with Crippen molar-refractivity contribution in [3.05, 3.63) is 64.2 Å². The Labute approximate surface area is 169 Å². The molecule has 2 aromatic carbocycles. The maximum absolute atomic E-state index is 10.4. The normalized spacial score (nSPS) is 27.6. The van der Waals surface area contributed by atoms with Crippen LogP contribution in [0.1, 0.15) is 29.7 Å². The Morgan fingerprint density at radius 1 is 1.00 bits per heavy atom. The topological polar surface area (TPSA) is 88.4 Å². The molecule has 0 radical (unpaired) electrons. The quantitative estimate of drug-likeness (QED) is 0.680. The lowest BCUT2D eigenvalue weighted by Crippen LogP contribution is -2.54. The fraction of sp³-hybridized carbons (Fsp3) is 0.429. The Balaban J connectivity index is 1.82. The first-order valence-corrected chi connectivity index (χ1v) is 9.55. The van der Waals surface area contributed by atoms with Crippen LogP contribution < -0.4 is 4.74 Å². The van der Waals surface area contributed by atoms with Crippen LogP contribution in [0.5, 0.6) is 5.75 Å². The van der Waals surface area contributed by atoms with Gasteiger partial charge >= 0.3 is 0 Å². The van der Waals surface area contributed by atoms with Crippen LogP contribution in [0.2, 0.25) is 5.02 Å². The van der Waals surface area contributed by atoms with E-state index in [-0.39, 0.29) is 0 Å². The van der Waals surface area contributed by atoms with Gasteiger partial charge in [0.2, 0.25) is 0 Å². The fourth-order valence-corrected chi connectivity index (χ4v) is 3.50. The Kier molecular flexibility index (Phi) is 6.93. The summed E-state index contributed by atoms with van der Waals surface area (Å²) in [5.41, 5.74) is 2.55. The van der Waals surface area contributed by atoms with E-state index in [1.807, 2.05) is 37.3 Å². The van der Waals surface area contributed by atoms with Crippen LogP contribution in [-0.4, -0.2) is 53.6 Å². The second-order valence-corrected chi connectivity index (χ2v) is 7.14. The molecule has 0 amide bonds. The zero-order valence-electron chi connectivity index (χ0n) is 15.8. The first kappa shape index (κ1) is 21.0. The van der Waals surface area contributed by atoms with Gasteiger partial charge in [-0.05, 0) is 48.2 Å². The molecule has 1 saturated heterocycles. The second kappa shape index (κ2) is 9.22. The Morgan fingerprint density at radius 2 is 1.71 bits per heavy atom. The van der Waals surface area contributed by atoms with Crippen molar-refractivity contribution in [3.63, 3.8) is 0 Å². The Bertz CT molecular complexity index is 779. The molecule has 1 heterocycles. The predicted octanol–water partition coefficient (Wildman–Crippen LogP) is 2.46. The van der Waals surface area contributed by atoms with Gasteiger partial charge in [-0.25, -0.2) is 0 Å². The number of methoxy groups -OCH3 is 1. The zero-order chi connectivity index (χ0) is 20.3. The lowest BCUT2D eigenvalue weighted by Gasteiger charge is -2.40. The van der Waals surface area contributed by atoms with Crippen molar-refractivity contribution < 1.29 is 29.5 Å². The summed E-state index contributed by atoms with van der Waals surface area (Å²) in [4.78, 5) is 0. The van der Waals surface area contributed by atoms with Crippen molar-refractivity contribution in [2.24, 2.45) is 0 Å². The van der Waals surface area contributed by atoms with E-state index in [0.29, 0.717) is 23.6 Å². The first-order chi connectivity index (χ1) is 13.4. The molecule has 0 aromatic heterocycles. The molecule has 0 bridgehead atoms. The molecule has 0 aliphatic carbocycles. The minimum atomic E-state index is -1.38. The second-order valence-electron chi connectivity index (χ2n) is 6.74. The highest BCUT2D eigenvalue weighted by atomic mass is 35.5. The molecule has 28 heavy (non-hydrogen) atoms. The number of hydrogen-bond acceptors (Lipinski definition) is 6. The number of hydrogen-bond donors (Lipinski definition) is 3. The molecule has 7 heteroatoms. The minimum absolute atomic E-state index is 0.584. The Hall–Kier alpha value is -1.67. The average molecular weight is 409 g/mol. The molecular formula is C21H25ClO6. The molecule has 0 unspecified atom stereocenters. The van der Waals surface area contributed by atoms with E-state index in [0.717, 1.165) is 16.9 Å². The van der Waals surface area contributed by atoms with Gasteiger partial charge in [0.1, 0.15) is 30.2 Å². The van der Waals surface area contributed by atoms with Crippen molar-refractivity contribution in [1.82, 2.24) is 0 Å². The minimum Gasteiger partial charge on any atom is -0.494 e. The van der Waals surface area contributed by atoms with Crippen LogP contribution in [-0.2, 0) is 15.9 Å². The van der Waals surface area contributed by atoms with Crippen molar-refractivity contribution >= 4 is 11.6 Å². The van der Waals surface area contributed by atoms with Gasteiger partial charge in [-0.15, -0.1) is 0 Å². The van der Waals surface area contributed by atoms with Crippen molar-refractivity contribution in [2.75, 3.05) is 13.7 Å². The molecule has 1 aliphatic heterocycles. The third-order valence-electron chi connectivity index (χ3n) is 4.83. The summed E-state index contributed by atoms with van der Waals surface area (Å²) >= 11 is 6.37. The van der Waals surface area contributed by atoms with Crippen LogP contribution in [0.3, 0.4) is 0 Å². The largest absolute Gasteiger partial charge is 0.494 e. The van der Waals surface area contributed by atoms with E-state index in [1.165, 1.54) is 7.11 Å². The van der Waals surface area contributed by atoms with Crippen LogP contribution >= 0.6 is 11.6 Å². The molecule has 1 fully saturated rings. The van der Waals surface area contributed by atoms with E-state index in [4.69, 9.17) is 25.8 Å². The standard InChI is InChI=1S/C21H25ClO6/c1-3-27-15-7-4-12(5-8-15)10-14-11-13(6-9-16(14)22)20-18(24)17(23)19(25)21(26-2)28-20/h4-9,11,17-21,23-25H,3,10H2,1-2H3/t17-,18-,19+,20+,21-/m1/s1. The molecule has 3 rings (SSSR count). The van der Waals surface area contributed by atoms with Crippen LogP contribution in [0.4, 0.5) is 0 Å².